The average Bonchev–Trinajstić information content (AvgIpc) is 3.02. The Hall–Kier alpha value is -3.19. The number of carbonyl (C=O) groups excluding carboxylic acids is 1. The molecule has 27 heavy (non-hydrogen) atoms. The van der Waals surface area contributed by atoms with Crippen LogP contribution in [-0.4, -0.2) is 29.3 Å². The number of imidazole rings is 1. The molecule has 0 aliphatic rings. The third kappa shape index (κ3) is 4.15. The van der Waals surface area contributed by atoms with Crippen LogP contribution in [0.1, 0.15) is 0 Å². The molecule has 0 saturated carbocycles. The number of amides is 1. The first-order valence-electron chi connectivity index (χ1n) is 8.07. The van der Waals surface area contributed by atoms with Crippen molar-refractivity contribution in [1.82, 2.24) is 9.13 Å². The predicted octanol–water partition coefficient (Wildman–Crippen LogP) is 2.95. The Morgan fingerprint density at radius 1 is 1.07 bits per heavy atom. The van der Waals surface area contributed by atoms with Crippen molar-refractivity contribution in [1.29, 1.82) is 0 Å². The number of rotatable bonds is 6. The molecular weight excluding hydrogens is 370 g/mol. The van der Waals surface area contributed by atoms with Crippen LogP contribution in [0.3, 0.4) is 0 Å². The van der Waals surface area contributed by atoms with E-state index in [1.54, 1.807) is 62.0 Å². The summed E-state index contributed by atoms with van der Waals surface area (Å²) < 4.78 is 13.0. The zero-order valence-corrected chi connectivity index (χ0v) is 15.6. The molecule has 3 aromatic rings. The molecule has 0 aliphatic heterocycles. The number of halogens is 1. The Kier molecular flexibility index (Phi) is 5.52. The standard InChI is InChI=1S/C19H18ClN3O4/c1-26-15-6-4-14(5-7-15)23-10-9-22(19(23)25)12-18(24)21-13-3-8-17(27-2)16(20)11-13/h3-11H,12H2,1-2H3,(H,21,24). The van der Waals surface area contributed by atoms with Crippen molar-refractivity contribution in [2.45, 2.75) is 6.54 Å². The highest BCUT2D eigenvalue weighted by molar-refractivity contribution is 6.32. The van der Waals surface area contributed by atoms with Gasteiger partial charge in [-0.2, -0.15) is 0 Å². The van der Waals surface area contributed by atoms with E-state index in [1.807, 2.05) is 0 Å². The van der Waals surface area contributed by atoms with Gasteiger partial charge in [0.05, 0.1) is 24.9 Å². The second kappa shape index (κ2) is 8.01. The Bertz CT molecular complexity index is 1010. The molecule has 1 amide bonds. The van der Waals surface area contributed by atoms with E-state index < -0.39 is 0 Å². The number of nitrogens with zero attached hydrogens (tertiary/aromatic N) is 2. The summed E-state index contributed by atoms with van der Waals surface area (Å²) in [6.07, 6.45) is 3.18. The minimum atomic E-state index is -0.342. The van der Waals surface area contributed by atoms with Gasteiger partial charge in [-0.05, 0) is 42.5 Å². The summed E-state index contributed by atoms with van der Waals surface area (Å²) >= 11 is 6.05. The summed E-state index contributed by atoms with van der Waals surface area (Å²) in [4.78, 5) is 24.8. The van der Waals surface area contributed by atoms with Crippen molar-refractivity contribution in [2.24, 2.45) is 0 Å². The predicted molar refractivity (Wildman–Crippen MR) is 103 cm³/mol. The largest absolute Gasteiger partial charge is 0.497 e. The van der Waals surface area contributed by atoms with Crippen LogP contribution in [0.2, 0.25) is 5.02 Å². The maximum atomic E-state index is 12.5. The summed E-state index contributed by atoms with van der Waals surface area (Å²) in [7, 11) is 3.09. The molecule has 1 heterocycles. The monoisotopic (exact) mass is 387 g/mol. The first kappa shape index (κ1) is 18.6. The van der Waals surface area contributed by atoms with Gasteiger partial charge in [-0.25, -0.2) is 4.79 Å². The molecule has 140 valence electrons. The van der Waals surface area contributed by atoms with E-state index in [9.17, 15) is 9.59 Å². The number of hydrogen-bond donors (Lipinski definition) is 1. The molecule has 3 rings (SSSR count). The lowest BCUT2D eigenvalue weighted by Gasteiger charge is -2.08. The minimum absolute atomic E-state index is 0.119. The number of benzene rings is 2. The lowest BCUT2D eigenvalue weighted by atomic mass is 10.3. The third-order valence-corrected chi connectivity index (χ3v) is 4.24. The summed E-state index contributed by atoms with van der Waals surface area (Å²) in [6.45, 7) is -0.119. The van der Waals surface area contributed by atoms with E-state index >= 15 is 0 Å². The Morgan fingerprint density at radius 3 is 2.44 bits per heavy atom. The van der Waals surface area contributed by atoms with Crippen LogP contribution in [0.25, 0.3) is 5.69 Å². The third-order valence-electron chi connectivity index (χ3n) is 3.95. The van der Waals surface area contributed by atoms with Gasteiger partial charge in [0.2, 0.25) is 5.91 Å². The van der Waals surface area contributed by atoms with Crippen LogP contribution >= 0.6 is 11.6 Å². The van der Waals surface area contributed by atoms with E-state index in [2.05, 4.69) is 5.32 Å². The normalized spacial score (nSPS) is 10.5. The molecule has 0 aliphatic carbocycles. The molecule has 8 heteroatoms. The number of ether oxygens (including phenoxy) is 2. The van der Waals surface area contributed by atoms with Gasteiger partial charge in [0.15, 0.2) is 0 Å². The first-order valence-corrected chi connectivity index (χ1v) is 8.45. The molecule has 0 saturated heterocycles. The van der Waals surface area contributed by atoms with Crippen LogP contribution < -0.4 is 20.5 Å². The number of aromatic nitrogens is 2. The number of hydrogen-bond acceptors (Lipinski definition) is 4. The van der Waals surface area contributed by atoms with Gasteiger partial charge in [0.25, 0.3) is 0 Å². The summed E-state index contributed by atoms with van der Waals surface area (Å²) in [5.41, 5.74) is 0.887. The molecule has 7 nitrogen and oxygen atoms in total. The lowest BCUT2D eigenvalue weighted by molar-refractivity contribution is -0.116. The van der Waals surface area contributed by atoms with Gasteiger partial charge in [-0.3, -0.25) is 13.9 Å². The van der Waals surface area contributed by atoms with Crippen LogP contribution in [0.15, 0.2) is 59.7 Å². The quantitative estimate of drug-likeness (QED) is 0.705. The van der Waals surface area contributed by atoms with E-state index in [-0.39, 0.29) is 18.1 Å². The zero-order valence-electron chi connectivity index (χ0n) is 14.8. The number of carbonyl (C=O) groups is 1. The molecular formula is C19H18ClN3O4. The highest BCUT2D eigenvalue weighted by Crippen LogP contribution is 2.27. The fourth-order valence-electron chi connectivity index (χ4n) is 2.57. The highest BCUT2D eigenvalue weighted by atomic mass is 35.5. The SMILES string of the molecule is COc1ccc(-n2ccn(CC(=O)Nc3ccc(OC)c(Cl)c3)c2=O)cc1. The maximum absolute atomic E-state index is 12.5. The van der Waals surface area contributed by atoms with Crippen molar-refractivity contribution in [3.63, 3.8) is 0 Å². The van der Waals surface area contributed by atoms with Crippen molar-refractivity contribution in [3.05, 3.63) is 70.4 Å². The Balaban J connectivity index is 1.72. The van der Waals surface area contributed by atoms with Crippen LogP contribution in [0.4, 0.5) is 5.69 Å². The first-order chi connectivity index (χ1) is 13.0. The van der Waals surface area contributed by atoms with Crippen molar-refractivity contribution in [2.75, 3.05) is 19.5 Å². The van der Waals surface area contributed by atoms with Crippen LogP contribution in [-0.2, 0) is 11.3 Å². The second-order valence-electron chi connectivity index (χ2n) is 5.67. The number of methoxy groups -OCH3 is 2. The molecule has 0 bridgehead atoms. The van der Waals surface area contributed by atoms with E-state index in [1.165, 1.54) is 16.2 Å². The summed E-state index contributed by atoms with van der Waals surface area (Å²) in [5, 5.41) is 3.10. The molecule has 0 radical (unpaired) electrons. The fraction of sp³-hybridized carbons (Fsp3) is 0.158. The smallest absolute Gasteiger partial charge is 0.333 e. The van der Waals surface area contributed by atoms with Crippen LogP contribution in [0.5, 0.6) is 11.5 Å². The van der Waals surface area contributed by atoms with Crippen molar-refractivity contribution < 1.29 is 14.3 Å². The van der Waals surface area contributed by atoms with Gasteiger partial charge in [0, 0.05) is 18.1 Å². The molecule has 0 spiro atoms. The molecule has 1 N–H and O–H groups in total. The maximum Gasteiger partial charge on any atom is 0.333 e. The van der Waals surface area contributed by atoms with Gasteiger partial charge < -0.3 is 14.8 Å². The average molecular weight is 388 g/mol. The minimum Gasteiger partial charge on any atom is -0.497 e. The molecule has 1 aromatic heterocycles. The number of nitrogens with one attached hydrogen (secondary N) is 1. The van der Waals surface area contributed by atoms with Gasteiger partial charge >= 0.3 is 5.69 Å². The fourth-order valence-corrected chi connectivity index (χ4v) is 2.83. The summed E-state index contributed by atoms with van der Waals surface area (Å²) in [5.74, 6) is 0.872. The van der Waals surface area contributed by atoms with Crippen LogP contribution in [0, 0.1) is 0 Å². The van der Waals surface area contributed by atoms with Gasteiger partial charge in [-0.1, -0.05) is 11.6 Å². The van der Waals surface area contributed by atoms with Gasteiger partial charge in [0.1, 0.15) is 18.0 Å². The molecule has 0 atom stereocenters. The van der Waals surface area contributed by atoms with Gasteiger partial charge in [-0.15, -0.1) is 0 Å². The molecule has 0 fully saturated rings. The second-order valence-corrected chi connectivity index (χ2v) is 6.08. The summed E-state index contributed by atoms with van der Waals surface area (Å²) in [6, 6.07) is 12.0. The van der Waals surface area contributed by atoms with E-state index in [0.717, 1.165) is 0 Å². The van der Waals surface area contributed by atoms with Crippen molar-refractivity contribution in [3.8, 4) is 17.2 Å². The Morgan fingerprint density at radius 2 is 1.81 bits per heavy atom. The number of anilines is 1. The van der Waals surface area contributed by atoms with E-state index in [4.69, 9.17) is 21.1 Å². The highest BCUT2D eigenvalue weighted by Gasteiger charge is 2.11. The zero-order chi connectivity index (χ0) is 19.4. The lowest BCUT2D eigenvalue weighted by Crippen LogP contribution is -2.28. The molecule has 2 aromatic carbocycles. The Labute approximate surface area is 160 Å². The van der Waals surface area contributed by atoms with Crippen molar-refractivity contribution >= 4 is 23.2 Å². The van der Waals surface area contributed by atoms with E-state index in [0.29, 0.717) is 27.9 Å². The topological polar surface area (TPSA) is 74.5 Å². The molecule has 0 unspecified atom stereocenters.